The molecule has 2 rings (SSSR count). The van der Waals surface area contributed by atoms with E-state index in [-0.39, 0.29) is 11.7 Å². The highest BCUT2D eigenvalue weighted by molar-refractivity contribution is 9.10. The lowest BCUT2D eigenvalue weighted by atomic mass is 10.1. The maximum absolute atomic E-state index is 13.4. The Morgan fingerprint density at radius 2 is 1.95 bits per heavy atom. The Kier molecular flexibility index (Phi) is 4.88. The standard InChI is InChI=1S/C14H10Br2FNOS/c1-7-4-11(17)10(16)6-12(7)18-14(19)9-3-2-8(15)5-13(9)20/h2-6,20H,1H3,(H,18,19). The molecule has 20 heavy (non-hydrogen) atoms. The van der Waals surface area contributed by atoms with E-state index < -0.39 is 0 Å². The summed E-state index contributed by atoms with van der Waals surface area (Å²) >= 11 is 10.7. The summed E-state index contributed by atoms with van der Waals surface area (Å²) in [6, 6.07) is 8.09. The smallest absolute Gasteiger partial charge is 0.256 e. The van der Waals surface area contributed by atoms with E-state index in [9.17, 15) is 9.18 Å². The highest BCUT2D eigenvalue weighted by atomic mass is 79.9. The van der Waals surface area contributed by atoms with Crippen LogP contribution in [0.4, 0.5) is 10.1 Å². The Balaban J connectivity index is 2.30. The first-order valence-electron chi connectivity index (χ1n) is 5.64. The molecule has 2 nitrogen and oxygen atoms in total. The van der Waals surface area contributed by atoms with Crippen molar-refractivity contribution in [2.45, 2.75) is 11.8 Å². The number of hydrogen-bond acceptors (Lipinski definition) is 2. The lowest BCUT2D eigenvalue weighted by Gasteiger charge is -2.11. The van der Waals surface area contributed by atoms with Crippen molar-refractivity contribution in [3.63, 3.8) is 0 Å². The molecule has 0 aliphatic carbocycles. The molecule has 0 radical (unpaired) electrons. The molecule has 0 fully saturated rings. The molecular formula is C14H10Br2FNOS. The lowest BCUT2D eigenvalue weighted by Crippen LogP contribution is -2.13. The van der Waals surface area contributed by atoms with Gasteiger partial charge in [0, 0.05) is 15.1 Å². The third kappa shape index (κ3) is 3.42. The van der Waals surface area contributed by atoms with E-state index in [1.54, 1.807) is 31.2 Å². The van der Waals surface area contributed by atoms with Gasteiger partial charge in [0.25, 0.3) is 5.91 Å². The number of nitrogens with one attached hydrogen (secondary N) is 1. The number of benzene rings is 2. The first kappa shape index (κ1) is 15.5. The molecule has 0 bridgehead atoms. The third-order valence-corrected chi connectivity index (χ3v) is 4.19. The van der Waals surface area contributed by atoms with Crippen LogP contribution in [0.15, 0.2) is 44.2 Å². The molecule has 0 saturated heterocycles. The van der Waals surface area contributed by atoms with Crippen molar-refractivity contribution in [2.75, 3.05) is 5.32 Å². The van der Waals surface area contributed by atoms with Gasteiger partial charge < -0.3 is 5.32 Å². The number of carbonyl (C=O) groups excluding carboxylic acids is 1. The first-order valence-corrected chi connectivity index (χ1v) is 7.67. The minimum Gasteiger partial charge on any atom is -0.322 e. The second-order valence-electron chi connectivity index (χ2n) is 4.20. The summed E-state index contributed by atoms with van der Waals surface area (Å²) in [6.07, 6.45) is 0. The Bertz CT molecular complexity index is 691. The van der Waals surface area contributed by atoms with Gasteiger partial charge in [-0.1, -0.05) is 15.9 Å². The molecular weight excluding hydrogens is 409 g/mol. The highest BCUT2D eigenvalue weighted by Crippen LogP contribution is 2.26. The molecule has 0 unspecified atom stereocenters. The normalized spacial score (nSPS) is 10.4. The van der Waals surface area contributed by atoms with Crippen LogP contribution in [0.3, 0.4) is 0 Å². The highest BCUT2D eigenvalue weighted by Gasteiger charge is 2.13. The van der Waals surface area contributed by atoms with Gasteiger partial charge in [0.05, 0.1) is 10.0 Å². The Labute approximate surface area is 138 Å². The molecule has 0 aliphatic rings. The SMILES string of the molecule is Cc1cc(F)c(Br)cc1NC(=O)c1ccc(Br)cc1S. The summed E-state index contributed by atoms with van der Waals surface area (Å²) in [5, 5.41) is 2.76. The van der Waals surface area contributed by atoms with Crippen LogP contribution < -0.4 is 5.32 Å². The largest absolute Gasteiger partial charge is 0.322 e. The van der Waals surface area contributed by atoms with Crippen LogP contribution >= 0.6 is 44.5 Å². The Morgan fingerprint density at radius 1 is 1.25 bits per heavy atom. The zero-order valence-corrected chi connectivity index (χ0v) is 14.4. The van der Waals surface area contributed by atoms with Gasteiger partial charge in [0.15, 0.2) is 0 Å². The molecule has 2 aromatic rings. The van der Waals surface area contributed by atoms with E-state index >= 15 is 0 Å². The fraction of sp³-hybridized carbons (Fsp3) is 0.0714. The molecule has 1 N–H and O–H groups in total. The predicted octanol–water partition coefficient (Wildman–Crippen LogP) is 5.20. The maximum Gasteiger partial charge on any atom is 0.256 e. The summed E-state index contributed by atoms with van der Waals surface area (Å²) < 4.78 is 14.5. The van der Waals surface area contributed by atoms with Crippen molar-refractivity contribution in [2.24, 2.45) is 0 Å². The van der Waals surface area contributed by atoms with Gasteiger partial charge in [-0.05, 0) is 58.7 Å². The number of aryl methyl sites for hydroxylation is 1. The second kappa shape index (κ2) is 6.28. The van der Waals surface area contributed by atoms with Gasteiger partial charge in [-0.2, -0.15) is 0 Å². The van der Waals surface area contributed by atoms with Crippen molar-refractivity contribution in [1.82, 2.24) is 0 Å². The monoisotopic (exact) mass is 417 g/mol. The van der Waals surface area contributed by atoms with Crippen molar-refractivity contribution in [3.05, 3.63) is 56.2 Å². The van der Waals surface area contributed by atoms with Gasteiger partial charge in [-0.3, -0.25) is 4.79 Å². The van der Waals surface area contributed by atoms with E-state index in [2.05, 4.69) is 49.8 Å². The topological polar surface area (TPSA) is 29.1 Å². The van der Waals surface area contributed by atoms with Crippen LogP contribution in [-0.2, 0) is 0 Å². The average Bonchev–Trinajstić information content (AvgIpc) is 2.35. The number of anilines is 1. The fourth-order valence-corrected chi connectivity index (χ4v) is 2.86. The molecule has 6 heteroatoms. The van der Waals surface area contributed by atoms with Crippen molar-refractivity contribution in [3.8, 4) is 0 Å². The number of amides is 1. The number of thiol groups is 1. The van der Waals surface area contributed by atoms with Crippen LogP contribution in [0, 0.1) is 12.7 Å². The van der Waals surface area contributed by atoms with Crippen LogP contribution in [0.25, 0.3) is 0 Å². The Hall–Kier alpha value is -0.850. The summed E-state index contributed by atoms with van der Waals surface area (Å²) in [6.45, 7) is 1.73. The van der Waals surface area contributed by atoms with E-state index in [1.165, 1.54) is 6.07 Å². The van der Waals surface area contributed by atoms with E-state index in [1.807, 2.05) is 0 Å². The van der Waals surface area contributed by atoms with Crippen LogP contribution in [0.1, 0.15) is 15.9 Å². The van der Waals surface area contributed by atoms with Gasteiger partial charge in [-0.25, -0.2) is 4.39 Å². The zero-order chi connectivity index (χ0) is 14.9. The first-order chi connectivity index (χ1) is 9.38. The maximum atomic E-state index is 13.4. The van der Waals surface area contributed by atoms with Crippen molar-refractivity contribution < 1.29 is 9.18 Å². The van der Waals surface area contributed by atoms with Crippen LogP contribution in [-0.4, -0.2) is 5.91 Å². The van der Waals surface area contributed by atoms with Gasteiger partial charge in [0.2, 0.25) is 0 Å². The quantitative estimate of drug-likeness (QED) is 0.644. The van der Waals surface area contributed by atoms with Gasteiger partial charge in [-0.15, -0.1) is 12.6 Å². The van der Waals surface area contributed by atoms with Crippen LogP contribution in [0.5, 0.6) is 0 Å². The molecule has 0 saturated carbocycles. The number of carbonyl (C=O) groups is 1. The predicted molar refractivity (Wildman–Crippen MR) is 88.2 cm³/mol. The second-order valence-corrected chi connectivity index (χ2v) is 6.45. The van der Waals surface area contributed by atoms with Gasteiger partial charge >= 0.3 is 0 Å². The lowest BCUT2D eigenvalue weighted by molar-refractivity contribution is 0.102. The van der Waals surface area contributed by atoms with Crippen LogP contribution in [0.2, 0.25) is 0 Å². The number of rotatable bonds is 2. The summed E-state index contributed by atoms with van der Waals surface area (Å²) in [7, 11) is 0. The summed E-state index contributed by atoms with van der Waals surface area (Å²) in [5.41, 5.74) is 1.66. The number of halogens is 3. The minimum absolute atomic E-state index is 0.288. The molecule has 0 aliphatic heterocycles. The molecule has 0 spiro atoms. The fourth-order valence-electron chi connectivity index (χ4n) is 1.67. The van der Waals surface area contributed by atoms with Crippen molar-refractivity contribution >= 4 is 56.1 Å². The molecule has 104 valence electrons. The molecule has 0 heterocycles. The third-order valence-electron chi connectivity index (χ3n) is 2.72. The molecule has 2 aromatic carbocycles. The zero-order valence-electron chi connectivity index (χ0n) is 10.4. The Morgan fingerprint density at radius 3 is 2.60 bits per heavy atom. The molecule has 1 amide bonds. The number of hydrogen-bond donors (Lipinski definition) is 2. The van der Waals surface area contributed by atoms with E-state index in [0.29, 0.717) is 26.2 Å². The van der Waals surface area contributed by atoms with E-state index in [4.69, 9.17) is 0 Å². The van der Waals surface area contributed by atoms with Crippen molar-refractivity contribution in [1.29, 1.82) is 0 Å². The summed E-state index contributed by atoms with van der Waals surface area (Å²) in [4.78, 5) is 12.8. The molecule has 0 aromatic heterocycles. The van der Waals surface area contributed by atoms with E-state index in [0.717, 1.165) is 4.47 Å². The molecule has 0 atom stereocenters. The van der Waals surface area contributed by atoms with Gasteiger partial charge in [0.1, 0.15) is 5.82 Å². The minimum atomic E-state index is -0.362. The average molecular weight is 419 g/mol. The summed E-state index contributed by atoms with van der Waals surface area (Å²) in [5.74, 6) is -0.650.